The Morgan fingerprint density at radius 3 is 1.61 bits per heavy atom. The molecule has 2 rings (SSSR count). The molecule has 0 bridgehead atoms. The number of carbonyl (C=O) groups excluding carboxylic acids is 1. The largest absolute Gasteiger partial charge is 0.342 e. The fraction of sp³-hybridized carbons (Fsp3) is 0.967. The minimum Gasteiger partial charge on any atom is -0.342 e. The van der Waals surface area contributed by atoms with Crippen molar-refractivity contribution in [3.8, 4) is 0 Å². The lowest BCUT2D eigenvalue weighted by atomic mass is 9.84. The van der Waals surface area contributed by atoms with E-state index in [2.05, 4.69) is 92.9 Å². The molecule has 2 atom stereocenters. The van der Waals surface area contributed by atoms with Crippen molar-refractivity contribution in [1.29, 1.82) is 0 Å². The summed E-state index contributed by atoms with van der Waals surface area (Å²) >= 11 is 0. The normalized spacial score (nSPS) is 23.0. The smallest absolute Gasteiger partial charge is 0.223 e. The summed E-state index contributed by atoms with van der Waals surface area (Å²) in [6.07, 6.45) is 7.23. The van der Waals surface area contributed by atoms with Crippen LogP contribution in [0, 0.1) is 33.5 Å². The van der Waals surface area contributed by atoms with Crippen LogP contribution in [-0.2, 0) is 4.79 Å². The molecule has 2 aliphatic heterocycles. The van der Waals surface area contributed by atoms with Gasteiger partial charge >= 0.3 is 0 Å². The Morgan fingerprint density at radius 1 is 0.667 bits per heavy atom. The van der Waals surface area contributed by atoms with Crippen molar-refractivity contribution >= 4 is 5.91 Å². The van der Waals surface area contributed by atoms with Crippen molar-refractivity contribution in [2.45, 2.75) is 122 Å². The van der Waals surface area contributed by atoms with Gasteiger partial charge in [0.25, 0.3) is 0 Å². The first kappa shape index (κ1) is 30.5. The standard InChI is InChI=1S/C15H29NO.C15H31N/c1-14(2,3)9-12-7-8-16(11-12)13(17)10-15(4,5)6;1-14(2,3)8-10-16-9-7-13(12-16)11-15(4,5)6/h12H,7-11H2,1-6H3;13H,7-12H2,1-6H3. The molecule has 0 aromatic rings. The van der Waals surface area contributed by atoms with E-state index in [1.165, 1.54) is 51.7 Å². The second kappa shape index (κ2) is 11.9. The van der Waals surface area contributed by atoms with Crippen LogP contribution in [0.4, 0.5) is 0 Å². The summed E-state index contributed by atoms with van der Waals surface area (Å²) in [7, 11) is 0. The van der Waals surface area contributed by atoms with Crippen LogP contribution in [0.3, 0.4) is 0 Å². The van der Waals surface area contributed by atoms with Gasteiger partial charge in [-0.1, -0.05) is 83.1 Å². The SMILES string of the molecule is CC(C)(C)CC(=O)N1CCC(CC(C)(C)C)C1.CC(C)(C)CCN1CCC(CC(C)(C)C)C1. The average Bonchev–Trinajstić information content (AvgIpc) is 3.17. The van der Waals surface area contributed by atoms with E-state index in [0.29, 0.717) is 34.5 Å². The fourth-order valence-electron chi connectivity index (χ4n) is 5.30. The molecule has 1 amide bonds. The maximum Gasteiger partial charge on any atom is 0.223 e. The number of hydrogen-bond acceptors (Lipinski definition) is 2. The van der Waals surface area contributed by atoms with Crippen LogP contribution >= 0.6 is 0 Å². The third kappa shape index (κ3) is 15.1. The Bertz CT molecular complexity index is 582. The molecular weight excluding hydrogens is 404 g/mol. The van der Waals surface area contributed by atoms with Gasteiger partial charge in [-0.25, -0.2) is 0 Å². The zero-order chi connectivity index (χ0) is 25.7. The molecule has 0 radical (unpaired) electrons. The average molecular weight is 465 g/mol. The van der Waals surface area contributed by atoms with Crippen molar-refractivity contribution in [3.05, 3.63) is 0 Å². The van der Waals surface area contributed by atoms with Crippen molar-refractivity contribution < 1.29 is 4.79 Å². The molecular formula is C30H60N2O. The highest BCUT2D eigenvalue weighted by Gasteiger charge is 2.31. The summed E-state index contributed by atoms with van der Waals surface area (Å²) in [4.78, 5) is 16.8. The monoisotopic (exact) mass is 464 g/mol. The molecule has 0 aromatic carbocycles. The second-order valence-electron chi connectivity index (χ2n) is 16.0. The van der Waals surface area contributed by atoms with Gasteiger partial charge in [0.2, 0.25) is 5.91 Å². The van der Waals surface area contributed by atoms with E-state index in [9.17, 15) is 4.79 Å². The number of amides is 1. The molecule has 3 nitrogen and oxygen atoms in total. The van der Waals surface area contributed by atoms with Crippen molar-refractivity contribution in [2.75, 3.05) is 32.7 Å². The van der Waals surface area contributed by atoms with E-state index in [0.717, 1.165) is 19.0 Å². The van der Waals surface area contributed by atoms with E-state index in [-0.39, 0.29) is 5.41 Å². The highest BCUT2D eigenvalue weighted by molar-refractivity contribution is 5.77. The zero-order valence-electron chi connectivity index (χ0n) is 24.7. The number of nitrogens with zero attached hydrogens (tertiary/aromatic N) is 2. The van der Waals surface area contributed by atoms with Crippen LogP contribution in [-0.4, -0.2) is 48.4 Å². The van der Waals surface area contributed by atoms with Gasteiger partial charge in [0, 0.05) is 26.1 Å². The molecule has 0 aliphatic carbocycles. The highest BCUT2D eigenvalue weighted by atomic mass is 16.2. The molecule has 0 N–H and O–H groups in total. The summed E-state index contributed by atoms with van der Waals surface area (Å²) in [5.41, 5.74) is 1.49. The third-order valence-corrected chi connectivity index (χ3v) is 6.67. The lowest BCUT2D eigenvalue weighted by Gasteiger charge is -2.25. The minimum absolute atomic E-state index is 0.110. The Labute approximate surface area is 208 Å². The van der Waals surface area contributed by atoms with Gasteiger partial charge < -0.3 is 9.80 Å². The van der Waals surface area contributed by atoms with Crippen molar-refractivity contribution in [2.24, 2.45) is 33.5 Å². The fourth-order valence-corrected chi connectivity index (χ4v) is 5.30. The van der Waals surface area contributed by atoms with Crippen LogP contribution < -0.4 is 0 Å². The molecule has 3 heteroatoms. The molecule has 2 aliphatic rings. The van der Waals surface area contributed by atoms with Gasteiger partial charge in [-0.3, -0.25) is 4.79 Å². The van der Waals surface area contributed by atoms with Gasteiger partial charge in [0.1, 0.15) is 0 Å². The first-order valence-electron chi connectivity index (χ1n) is 13.7. The maximum absolute atomic E-state index is 12.1. The van der Waals surface area contributed by atoms with Gasteiger partial charge in [0.15, 0.2) is 0 Å². The van der Waals surface area contributed by atoms with Crippen LogP contribution in [0.1, 0.15) is 122 Å². The van der Waals surface area contributed by atoms with E-state index in [4.69, 9.17) is 0 Å². The summed E-state index contributed by atoms with van der Waals surface area (Å²) in [5, 5.41) is 0. The van der Waals surface area contributed by atoms with E-state index >= 15 is 0 Å². The molecule has 2 saturated heterocycles. The summed E-state index contributed by atoms with van der Waals surface area (Å²) in [5.74, 6) is 1.99. The number of carbonyl (C=O) groups is 1. The van der Waals surface area contributed by atoms with Crippen LogP contribution in [0.25, 0.3) is 0 Å². The molecule has 196 valence electrons. The zero-order valence-corrected chi connectivity index (χ0v) is 24.7. The van der Waals surface area contributed by atoms with Gasteiger partial charge in [0.05, 0.1) is 0 Å². The highest BCUT2D eigenvalue weighted by Crippen LogP contribution is 2.32. The number of hydrogen-bond donors (Lipinski definition) is 0. The number of rotatable bonds is 5. The van der Waals surface area contributed by atoms with Crippen molar-refractivity contribution in [1.82, 2.24) is 9.80 Å². The second-order valence-corrected chi connectivity index (χ2v) is 16.0. The van der Waals surface area contributed by atoms with Crippen molar-refractivity contribution in [3.63, 3.8) is 0 Å². The van der Waals surface area contributed by atoms with E-state index in [1.807, 2.05) is 0 Å². The molecule has 0 saturated carbocycles. The predicted octanol–water partition coefficient (Wildman–Crippen LogP) is 7.89. The van der Waals surface area contributed by atoms with Crippen LogP contribution in [0.2, 0.25) is 0 Å². The lowest BCUT2D eigenvalue weighted by Crippen LogP contribution is -2.32. The molecule has 2 fully saturated rings. The van der Waals surface area contributed by atoms with Crippen LogP contribution in [0.15, 0.2) is 0 Å². The number of likely N-dealkylation sites (tertiary alicyclic amines) is 2. The van der Waals surface area contributed by atoms with Gasteiger partial charge in [-0.05, 0) is 78.7 Å². The first-order valence-corrected chi connectivity index (χ1v) is 13.7. The maximum atomic E-state index is 12.1. The molecule has 2 unspecified atom stereocenters. The molecule has 33 heavy (non-hydrogen) atoms. The quantitative estimate of drug-likeness (QED) is 0.413. The summed E-state index contributed by atoms with van der Waals surface area (Å²) in [6.45, 7) is 33.3. The Morgan fingerprint density at radius 2 is 1.15 bits per heavy atom. The summed E-state index contributed by atoms with van der Waals surface area (Å²) in [6, 6.07) is 0. The van der Waals surface area contributed by atoms with E-state index in [1.54, 1.807) is 0 Å². The summed E-state index contributed by atoms with van der Waals surface area (Å²) < 4.78 is 0. The van der Waals surface area contributed by atoms with Crippen LogP contribution in [0.5, 0.6) is 0 Å². The minimum atomic E-state index is 0.110. The van der Waals surface area contributed by atoms with Gasteiger partial charge in [-0.2, -0.15) is 0 Å². The van der Waals surface area contributed by atoms with E-state index < -0.39 is 0 Å². The Hall–Kier alpha value is -0.570. The van der Waals surface area contributed by atoms with Gasteiger partial charge in [-0.15, -0.1) is 0 Å². The molecule has 0 aromatic heterocycles. The third-order valence-electron chi connectivity index (χ3n) is 6.67. The molecule has 0 spiro atoms. The first-order chi connectivity index (χ1) is 14.7. The Balaban J connectivity index is 0.000000331. The predicted molar refractivity (Wildman–Crippen MR) is 146 cm³/mol. The lowest BCUT2D eigenvalue weighted by molar-refractivity contribution is -0.132. The topological polar surface area (TPSA) is 23.6 Å². The Kier molecular flexibility index (Phi) is 11.0. The molecule has 2 heterocycles.